The van der Waals surface area contributed by atoms with Crippen LogP contribution in [0.25, 0.3) is 6.08 Å². The molecular formula is C12H11F5. The zero-order valence-electron chi connectivity index (χ0n) is 9.33. The lowest BCUT2D eigenvalue weighted by Crippen LogP contribution is -2.38. The van der Waals surface area contributed by atoms with Crippen LogP contribution in [-0.2, 0) is 5.41 Å². The molecule has 1 rings (SSSR count). The van der Waals surface area contributed by atoms with Crippen molar-refractivity contribution in [3.8, 4) is 0 Å². The average molecular weight is 250 g/mol. The van der Waals surface area contributed by atoms with Gasteiger partial charge in [-0.25, -0.2) is 8.78 Å². The molecule has 0 unspecified atom stereocenters. The molecule has 1 aromatic carbocycles. The van der Waals surface area contributed by atoms with Gasteiger partial charge in [0.15, 0.2) is 0 Å². The Morgan fingerprint density at radius 2 is 1.47 bits per heavy atom. The molecular weight excluding hydrogens is 239 g/mol. The summed E-state index contributed by atoms with van der Waals surface area (Å²) in [6.07, 6.45) is -3.57. The fraction of sp³-hybridized carbons (Fsp3) is 0.333. The van der Waals surface area contributed by atoms with Crippen molar-refractivity contribution in [1.29, 1.82) is 0 Å². The molecule has 0 heterocycles. The molecule has 0 aliphatic heterocycles. The minimum Gasteiger partial charge on any atom is -0.207 e. The highest BCUT2D eigenvalue weighted by molar-refractivity contribution is 5.49. The highest BCUT2D eigenvalue weighted by atomic mass is 19.4. The second-order valence-electron chi connectivity index (χ2n) is 4.19. The van der Waals surface area contributed by atoms with Crippen LogP contribution in [0.1, 0.15) is 25.0 Å². The van der Waals surface area contributed by atoms with Gasteiger partial charge in [-0.05, 0) is 31.5 Å². The summed E-state index contributed by atoms with van der Waals surface area (Å²) in [4.78, 5) is 0. The van der Waals surface area contributed by atoms with Gasteiger partial charge in [0, 0.05) is 5.56 Å². The predicted octanol–water partition coefficient (Wildman–Crippen LogP) is 4.45. The van der Waals surface area contributed by atoms with Gasteiger partial charge in [-0.15, -0.1) is 0 Å². The van der Waals surface area contributed by atoms with E-state index in [4.69, 9.17) is 0 Å². The van der Waals surface area contributed by atoms with Crippen molar-refractivity contribution in [2.75, 3.05) is 0 Å². The molecule has 17 heavy (non-hydrogen) atoms. The summed E-state index contributed by atoms with van der Waals surface area (Å²) in [6.45, 7) is 4.77. The van der Waals surface area contributed by atoms with Crippen molar-refractivity contribution in [2.45, 2.75) is 25.4 Å². The van der Waals surface area contributed by atoms with Gasteiger partial charge in [0.1, 0.15) is 11.6 Å². The summed E-state index contributed by atoms with van der Waals surface area (Å²) in [7, 11) is 0. The van der Waals surface area contributed by atoms with Crippen LogP contribution in [0.2, 0.25) is 0 Å². The first-order chi connectivity index (χ1) is 7.61. The Kier molecular flexibility index (Phi) is 3.32. The van der Waals surface area contributed by atoms with E-state index in [2.05, 4.69) is 6.58 Å². The van der Waals surface area contributed by atoms with Crippen LogP contribution in [0.4, 0.5) is 22.0 Å². The molecule has 0 spiro atoms. The van der Waals surface area contributed by atoms with Crippen LogP contribution in [0.15, 0.2) is 18.7 Å². The highest BCUT2D eigenvalue weighted by Crippen LogP contribution is 2.42. The predicted molar refractivity (Wildman–Crippen MR) is 55.5 cm³/mol. The summed E-state index contributed by atoms with van der Waals surface area (Å²) < 4.78 is 65.2. The van der Waals surface area contributed by atoms with E-state index in [9.17, 15) is 22.0 Å². The number of hydrogen-bond acceptors (Lipinski definition) is 0. The Balaban J connectivity index is 3.47. The van der Waals surface area contributed by atoms with Crippen LogP contribution in [-0.4, -0.2) is 6.18 Å². The average Bonchev–Trinajstić information content (AvgIpc) is 2.14. The molecule has 94 valence electrons. The van der Waals surface area contributed by atoms with Crippen LogP contribution < -0.4 is 0 Å². The first-order valence-corrected chi connectivity index (χ1v) is 4.80. The maximum absolute atomic E-state index is 13.5. The fourth-order valence-electron chi connectivity index (χ4n) is 1.45. The van der Waals surface area contributed by atoms with Crippen molar-refractivity contribution in [3.63, 3.8) is 0 Å². The van der Waals surface area contributed by atoms with Crippen molar-refractivity contribution in [2.24, 2.45) is 0 Å². The van der Waals surface area contributed by atoms with Gasteiger partial charge in [-0.1, -0.05) is 12.7 Å². The van der Waals surface area contributed by atoms with Crippen molar-refractivity contribution in [1.82, 2.24) is 0 Å². The van der Waals surface area contributed by atoms with E-state index in [1.807, 2.05) is 0 Å². The molecule has 0 saturated heterocycles. The molecule has 0 bridgehead atoms. The van der Waals surface area contributed by atoms with E-state index in [0.717, 1.165) is 32.1 Å². The molecule has 0 radical (unpaired) electrons. The second kappa shape index (κ2) is 4.13. The number of hydrogen-bond donors (Lipinski definition) is 0. The van der Waals surface area contributed by atoms with Crippen molar-refractivity contribution < 1.29 is 22.0 Å². The summed E-state index contributed by atoms with van der Waals surface area (Å²) >= 11 is 0. The van der Waals surface area contributed by atoms with E-state index < -0.39 is 28.8 Å². The van der Waals surface area contributed by atoms with Crippen LogP contribution in [0.5, 0.6) is 0 Å². The van der Waals surface area contributed by atoms with Gasteiger partial charge in [-0.3, -0.25) is 0 Å². The standard InChI is InChI=1S/C12H11F5/c1-4-7-5-8(13)10(9(14)6-7)11(2,3)12(15,16)17/h4-6H,1H2,2-3H3. The Morgan fingerprint density at radius 3 is 1.76 bits per heavy atom. The highest BCUT2D eigenvalue weighted by Gasteiger charge is 2.51. The molecule has 0 nitrogen and oxygen atoms in total. The molecule has 0 saturated carbocycles. The maximum atomic E-state index is 13.5. The molecule has 0 N–H and O–H groups in total. The molecule has 0 aliphatic carbocycles. The summed E-state index contributed by atoms with van der Waals surface area (Å²) in [6, 6.07) is 1.66. The van der Waals surface area contributed by atoms with Gasteiger partial charge in [0.25, 0.3) is 0 Å². The van der Waals surface area contributed by atoms with E-state index in [1.54, 1.807) is 0 Å². The van der Waals surface area contributed by atoms with Gasteiger partial charge >= 0.3 is 6.18 Å². The third kappa shape index (κ3) is 2.33. The van der Waals surface area contributed by atoms with Crippen molar-refractivity contribution in [3.05, 3.63) is 41.5 Å². The number of alkyl halides is 3. The lowest BCUT2D eigenvalue weighted by atomic mass is 9.82. The quantitative estimate of drug-likeness (QED) is 0.680. The molecule has 0 aromatic heterocycles. The normalized spacial score (nSPS) is 12.6. The maximum Gasteiger partial charge on any atom is 0.398 e. The van der Waals surface area contributed by atoms with Gasteiger partial charge in [-0.2, -0.15) is 13.2 Å². The molecule has 0 atom stereocenters. The Labute approximate surface area is 95.8 Å². The topological polar surface area (TPSA) is 0 Å². The first kappa shape index (κ1) is 13.7. The first-order valence-electron chi connectivity index (χ1n) is 4.80. The molecule has 0 fully saturated rings. The zero-order chi connectivity index (χ0) is 13.4. The lowest BCUT2D eigenvalue weighted by molar-refractivity contribution is -0.181. The van der Waals surface area contributed by atoms with Gasteiger partial charge in [0.2, 0.25) is 0 Å². The lowest BCUT2D eigenvalue weighted by Gasteiger charge is -2.29. The van der Waals surface area contributed by atoms with Crippen molar-refractivity contribution >= 4 is 6.08 Å². The summed E-state index contributed by atoms with van der Waals surface area (Å²) in [5.41, 5.74) is -3.46. The molecule has 0 aliphatic rings. The minimum absolute atomic E-state index is 0.0988. The van der Waals surface area contributed by atoms with E-state index in [1.165, 1.54) is 0 Å². The van der Waals surface area contributed by atoms with E-state index in [-0.39, 0.29) is 5.56 Å². The molecule has 1 aromatic rings. The number of rotatable bonds is 2. The third-order valence-electron chi connectivity index (χ3n) is 2.63. The Hall–Kier alpha value is -1.39. The fourth-order valence-corrected chi connectivity index (χ4v) is 1.45. The summed E-state index contributed by atoms with van der Waals surface area (Å²) in [5, 5.41) is 0. The summed E-state index contributed by atoms with van der Waals surface area (Å²) in [5.74, 6) is -2.44. The monoisotopic (exact) mass is 250 g/mol. The smallest absolute Gasteiger partial charge is 0.207 e. The second-order valence-corrected chi connectivity index (χ2v) is 4.19. The molecule has 5 heteroatoms. The van der Waals surface area contributed by atoms with Crippen LogP contribution in [0, 0.1) is 11.6 Å². The van der Waals surface area contributed by atoms with Crippen LogP contribution >= 0.6 is 0 Å². The minimum atomic E-state index is -4.73. The molecule has 0 amide bonds. The number of benzene rings is 1. The Morgan fingerprint density at radius 1 is 1.06 bits per heavy atom. The third-order valence-corrected chi connectivity index (χ3v) is 2.63. The SMILES string of the molecule is C=Cc1cc(F)c(C(C)(C)C(F)(F)F)c(F)c1. The largest absolute Gasteiger partial charge is 0.398 e. The van der Waals surface area contributed by atoms with Gasteiger partial charge in [0.05, 0.1) is 5.41 Å². The zero-order valence-corrected chi connectivity index (χ0v) is 9.33. The van der Waals surface area contributed by atoms with Gasteiger partial charge < -0.3 is 0 Å². The van der Waals surface area contributed by atoms with Crippen LogP contribution in [0.3, 0.4) is 0 Å². The number of halogens is 5. The Bertz CT molecular complexity index is 420. The van der Waals surface area contributed by atoms with E-state index >= 15 is 0 Å². The van der Waals surface area contributed by atoms with E-state index in [0.29, 0.717) is 0 Å².